The minimum absolute atomic E-state index is 0.137. The normalized spacial score (nSPS) is 23.9. The van der Waals surface area contributed by atoms with Crippen molar-refractivity contribution in [1.29, 1.82) is 0 Å². The first-order valence-corrected chi connectivity index (χ1v) is 6.17. The molecular formula is C12H26N4O. The van der Waals surface area contributed by atoms with E-state index in [2.05, 4.69) is 25.7 Å². The predicted molar refractivity (Wildman–Crippen MR) is 69.3 cm³/mol. The zero-order chi connectivity index (χ0) is 13.4. The van der Waals surface area contributed by atoms with Crippen LogP contribution in [0, 0.1) is 0 Å². The van der Waals surface area contributed by atoms with E-state index in [-0.39, 0.29) is 17.5 Å². The number of piperazine rings is 1. The average molecular weight is 242 g/mol. The molecule has 0 aliphatic carbocycles. The van der Waals surface area contributed by atoms with Crippen LogP contribution in [0.15, 0.2) is 0 Å². The maximum absolute atomic E-state index is 12.0. The number of nitrogens with zero attached hydrogens (tertiary/aromatic N) is 2. The van der Waals surface area contributed by atoms with Crippen LogP contribution < -0.4 is 11.5 Å². The molecule has 1 amide bonds. The highest BCUT2D eigenvalue weighted by atomic mass is 16.2. The highest BCUT2D eigenvalue weighted by Crippen LogP contribution is 2.20. The Morgan fingerprint density at radius 3 is 2.06 bits per heavy atom. The molecule has 1 fully saturated rings. The van der Waals surface area contributed by atoms with Crippen LogP contribution >= 0.6 is 0 Å². The number of carbonyl (C=O) groups is 1. The summed E-state index contributed by atoms with van der Waals surface area (Å²) in [6.45, 7) is 12.6. The summed E-state index contributed by atoms with van der Waals surface area (Å²) in [5, 5.41) is 0. The summed E-state index contributed by atoms with van der Waals surface area (Å²) >= 11 is 0. The summed E-state index contributed by atoms with van der Waals surface area (Å²) in [5.41, 5.74) is 10.2. The molecule has 4 N–H and O–H groups in total. The first-order valence-electron chi connectivity index (χ1n) is 6.17. The van der Waals surface area contributed by atoms with E-state index in [0.29, 0.717) is 6.54 Å². The van der Waals surface area contributed by atoms with Crippen molar-refractivity contribution in [3.8, 4) is 0 Å². The standard InChI is InChI=1S/C12H26N4O/c1-9-8-15(11(2,3)4)6-7-16(9)10(17)12(5,13)14/h9H,6-8,13-14H2,1-5H3. The Kier molecular flexibility index (Phi) is 3.86. The van der Waals surface area contributed by atoms with Gasteiger partial charge >= 0.3 is 0 Å². The van der Waals surface area contributed by atoms with Crippen molar-refractivity contribution >= 4 is 5.91 Å². The number of amides is 1. The van der Waals surface area contributed by atoms with Crippen LogP contribution in [-0.4, -0.2) is 52.6 Å². The molecule has 5 nitrogen and oxygen atoms in total. The van der Waals surface area contributed by atoms with Gasteiger partial charge in [-0.1, -0.05) is 0 Å². The Bertz CT molecular complexity index is 290. The number of hydrogen-bond acceptors (Lipinski definition) is 4. The quantitative estimate of drug-likeness (QED) is 0.632. The van der Waals surface area contributed by atoms with Gasteiger partial charge < -0.3 is 16.4 Å². The minimum atomic E-state index is -1.27. The maximum atomic E-state index is 12.0. The van der Waals surface area contributed by atoms with Gasteiger partial charge in [-0.05, 0) is 34.6 Å². The molecule has 1 saturated heterocycles. The summed E-state index contributed by atoms with van der Waals surface area (Å²) in [4.78, 5) is 16.2. The molecule has 1 rings (SSSR count). The Labute approximate surface area is 104 Å². The van der Waals surface area contributed by atoms with Crippen molar-refractivity contribution in [3.05, 3.63) is 0 Å². The molecule has 1 heterocycles. The van der Waals surface area contributed by atoms with Gasteiger partial charge in [-0.3, -0.25) is 9.69 Å². The molecule has 0 radical (unpaired) electrons. The van der Waals surface area contributed by atoms with Crippen LogP contribution in [-0.2, 0) is 4.79 Å². The first-order chi connectivity index (χ1) is 7.53. The fourth-order valence-corrected chi connectivity index (χ4v) is 2.18. The topological polar surface area (TPSA) is 75.6 Å². The molecule has 1 unspecified atom stereocenters. The molecule has 1 aliphatic heterocycles. The molecule has 0 aromatic carbocycles. The van der Waals surface area contributed by atoms with Crippen LogP contribution in [0.4, 0.5) is 0 Å². The molecule has 0 bridgehead atoms. The second kappa shape index (κ2) is 4.55. The average Bonchev–Trinajstić information content (AvgIpc) is 2.13. The number of nitrogens with two attached hydrogens (primary N) is 2. The van der Waals surface area contributed by atoms with E-state index in [1.165, 1.54) is 0 Å². The fraction of sp³-hybridized carbons (Fsp3) is 0.917. The van der Waals surface area contributed by atoms with Crippen molar-refractivity contribution in [3.63, 3.8) is 0 Å². The van der Waals surface area contributed by atoms with E-state index in [9.17, 15) is 4.79 Å². The van der Waals surface area contributed by atoms with Crippen molar-refractivity contribution in [2.45, 2.75) is 51.9 Å². The highest BCUT2D eigenvalue weighted by molar-refractivity contribution is 5.85. The zero-order valence-corrected chi connectivity index (χ0v) is 11.7. The van der Waals surface area contributed by atoms with Crippen LogP contribution in [0.1, 0.15) is 34.6 Å². The largest absolute Gasteiger partial charge is 0.335 e. The molecule has 0 aromatic rings. The lowest BCUT2D eigenvalue weighted by Crippen LogP contribution is -2.66. The summed E-state index contributed by atoms with van der Waals surface area (Å²) in [6, 6.07) is 0.155. The van der Waals surface area contributed by atoms with E-state index < -0.39 is 5.66 Å². The molecule has 1 atom stereocenters. The molecule has 0 aromatic heterocycles. The van der Waals surface area contributed by atoms with Gasteiger partial charge in [0.05, 0.1) is 0 Å². The van der Waals surface area contributed by atoms with Gasteiger partial charge in [0.15, 0.2) is 0 Å². The molecular weight excluding hydrogens is 216 g/mol. The lowest BCUT2D eigenvalue weighted by molar-refractivity contribution is -0.142. The zero-order valence-electron chi connectivity index (χ0n) is 11.7. The van der Waals surface area contributed by atoms with Gasteiger partial charge in [-0.15, -0.1) is 0 Å². The highest BCUT2D eigenvalue weighted by Gasteiger charge is 2.36. The lowest BCUT2D eigenvalue weighted by atomic mass is 10.0. The van der Waals surface area contributed by atoms with Gasteiger partial charge in [-0.2, -0.15) is 0 Å². The van der Waals surface area contributed by atoms with Crippen molar-refractivity contribution in [2.75, 3.05) is 19.6 Å². The van der Waals surface area contributed by atoms with Crippen LogP contribution in [0.25, 0.3) is 0 Å². The number of carbonyl (C=O) groups excluding carboxylic acids is 1. The smallest absolute Gasteiger partial charge is 0.257 e. The molecule has 17 heavy (non-hydrogen) atoms. The SMILES string of the molecule is CC1CN(C(C)(C)C)CCN1C(=O)C(C)(N)N. The number of rotatable bonds is 1. The van der Waals surface area contributed by atoms with Gasteiger partial charge in [0.25, 0.3) is 5.91 Å². The van der Waals surface area contributed by atoms with Gasteiger partial charge in [0.2, 0.25) is 0 Å². The lowest BCUT2D eigenvalue weighted by Gasteiger charge is -2.46. The van der Waals surface area contributed by atoms with E-state index in [0.717, 1.165) is 13.1 Å². The van der Waals surface area contributed by atoms with E-state index >= 15 is 0 Å². The molecule has 100 valence electrons. The van der Waals surface area contributed by atoms with Crippen LogP contribution in [0.2, 0.25) is 0 Å². The maximum Gasteiger partial charge on any atom is 0.257 e. The Balaban J connectivity index is 2.70. The summed E-state index contributed by atoms with van der Waals surface area (Å²) in [7, 11) is 0. The third kappa shape index (κ3) is 3.40. The molecule has 0 spiro atoms. The Morgan fingerprint density at radius 2 is 1.71 bits per heavy atom. The van der Waals surface area contributed by atoms with E-state index in [1.54, 1.807) is 11.8 Å². The van der Waals surface area contributed by atoms with Crippen molar-refractivity contribution < 1.29 is 4.79 Å². The van der Waals surface area contributed by atoms with Crippen LogP contribution in [0.5, 0.6) is 0 Å². The fourth-order valence-electron chi connectivity index (χ4n) is 2.18. The summed E-state index contributed by atoms with van der Waals surface area (Å²) in [5.74, 6) is -0.168. The third-order valence-corrected chi connectivity index (χ3v) is 3.30. The Hall–Kier alpha value is -0.650. The van der Waals surface area contributed by atoms with Gasteiger partial charge in [0.1, 0.15) is 5.66 Å². The first kappa shape index (κ1) is 14.4. The minimum Gasteiger partial charge on any atom is -0.335 e. The van der Waals surface area contributed by atoms with E-state index in [4.69, 9.17) is 11.5 Å². The van der Waals surface area contributed by atoms with Crippen molar-refractivity contribution in [1.82, 2.24) is 9.80 Å². The monoisotopic (exact) mass is 242 g/mol. The van der Waals surface area contributed by atoms with E-state index in [1.807, 2.05) is 6.92 Å². The third-order valence-electron chi connectivity index (χ3n) is 3.30. The molecule has 5 heteroatoms. The Morgan fingerprint density at radius 1 is 1.18 bits per heavy atom. The second-order valence-electron chi connectivity index (χ2n) is 6.25. The van der Waals surface area contributed by atoms with Gasteiger partial charge in [-0.25, -0.2) is 0 Å². The molecule has 0 saturated carbocycles. The van der Waals surface area contributed by atoms with Gasteiger partial charge in [0, 0.05) is 31.2 Å². The predicted octanol–water partition coefficient (Wildman–Crippen LogP) is -0.0488. The number of hydrogen-bond donors (Lipinski definition) is 2. The van der Waals surface area contributed by atoms with Crippen molar-refractivity contribution in [2.24, 2.45) is 11.5 Å². The van der Waals surface area contributed by atoms with Crippen LogP contribution in [0.3, 0.4) is 0 Å². The summed E-state index contributed by atoms with van der Waals surface area (Å²) < 4.78 is 0. The summed E-state index contributed by atoms with van der Waals surface area (Å²) in [6.07, 6.45) is 0. The molecule has 1 aliphatic rings. The second-order valence-corrected chi connectivity index (χ2v) is 6.25.